The molecule has 1 saturated carbocycles. The summed E-state index contributed by atoms with van der Waals surface area (Å²) in [5, 5.41) is 21.8. The average Bonchev–Trinajstić information content (AvgIpc) is 2.72. The summed E-state index contributed by atoms with van der Waals surface area (Å²) in [6, 6.07) is -0.277. The number of hydrogen-bond acceptors (Lipinski definition) is 3. The van der Waals surface area contributed by atoms with Gasteiger partial charge in [-0.2, -0.15) is 0 Å². The fourth-order valence-corrected chi connectivity index (χ4v) is 2.57. The van der Waals surface area contributed by atoms with Crippen LogP contribution < -0.4 is 5.32 Å². The van der Waals surface area contributed by atoms with Crippen molar-refractivity contribution in [2.24, 2.45) is 0 Å². The molecule has 3 N–H and O–H groups in total. The van der Waals surface area contributed by atoms with Gasteiger partial charge in [0.1, 0.15) is 0 Å². The van der Waals surface area contributed by atoms with E-state index in [2.05, 4.69) is 5.32 Å². The highest BCUT2D eigenvalue weighted by atomic mass is 16.4. The van der Waals surface area contributed by atoms with E-state index < -0.39 is 17.1 Å². The summed E-state index contributed by atoms with van der Waals surface area (Å²) in [5.41, 5.74) is -1.35. The van der Waals surface area contributed by atoms with Gasteiger partial charge in [0.15, 0.2) is 0 Å². The van der Waals surface area contributed by atoms with Gasteiger partial charge in [0, 0.05) is 19.0 Å². The minimum absolute atomic E-state index is 0.0148. The summed E-state index contributed by atoms with van der Waals surface area (Å²) in [7, 11) is 1.65. The Balaban J connectivity index is 2.46. The van der Waals surface area contributed by atoms with Gasteiger partial charge in [0.2, 0.25) is 0 Å². The molecular formula is C14H26N2O4. The Morgan fingerprint density at radius 1 is 1.30 bits per heavy atom. The molecule has 0 aromatic rings. The van der Waals surface area contributed by atoms with E-state index in [4.69, 9.17) is 5.11 Å². The molecular weight excluding hydrogens is 260 g/mol. The van der Waals surface area contributed by atoms with Gasteiger partial charge < -0.3 is 20.4 Å². The van der Waals surface area contributed by atoms with Gasteiger partial charge in [-0.3, -0.25) is 4.79 Å². The fourth-order valence-electron chi connectivity index (χ4n) is 2.57. The molecule has 0 aliphatic heterocycles. The Morgan fingerprint density at radius 2 is 1.85 bits per heavy atom. The first-order valence-corrected chi connectivity index (χ1v) is 7.11. The van der Waals surface area contributed by atoms with Crippen LogP contribution in [0.1, 0.15) is 52.4 Å². The number of carboxylic acid groups (broad SMARTS) is 1. The maximum absolute atomic E-state index is 12.1. The highest BCUT2D eigenvalue weighted by molar-refractivity contribution is 5.75. The van der Waals surface area contributed by atoms with Gasteiger partial charge in [0.05, 0.1) is 12.1 Å². The van der Waals surface area contributed by atoms with Crippen molar-refractivity contribution in [2.75, 3.05) is 13.6 Å². The third-order valence-electron chi connectivity index (χ3n) is 3.82. The molecule has 0 atom stereocenters. The maximum atomic E-state index is 12.1. The van der Waals surface area contributed by atoms with Crippen LogP contribution >= 0.6 is 0 Å². The highest BCUT2D eigenvalue weighted by Crippen LogP contribution is 2.30. The summed E-state index contributed by atoms with van der Waals surface area (Å²) in [5.74, 6) is -0.874. The number of nitrogens with one attached hydrogen (secondary N) is 1. The number of carboxylic acids is 1. The molecule has 1 fully saturated rings. The fraction of sp³-hybridized carbons (Fsp3) is 0.857. The lowest BCUT2D eigenvalue weighted by atomic mass is 9.98. The number of amides is 2. The van der Waals surface area contributed by atoms with E-state index in [1.165, 1.54) is 4.90 Å². The first kappa shape index (κ1) is 16.8. The van der Waals surface area contributed by atoms with Crippen LogP contribution in [0.25, 0.3) is 0 Å². The van der Waals surface area contributed by atoms with Crippen LogP contribution in [0.3, 0.4) is 0 Å². The zero-order valence-corrected chi connectivity index (χ0v) is 12.6. The highest BCUT2D eigenvalue weighted by Gasteiger charge is 2.34. The Labute approximate surface area is 120 Å². The van der Waals surface area contributed by atoms with Crippen molar-refractivity contribution in [3.05, 3.63) is 0 Å². The van der Waals surface area contributed by atoms with Crippen LogP contribution in [-0.4, -0.2) is 51.8 Å². The second-order valence-electron chi connectivity index (χ2n) is 6.50. The van der Waals surface area contributed by atoms with Crippen molar-refractivity contribution < 1.29 is 19.8 Å². The van der Waals surface area contributed by atoms with Crippen molar-refractivity contribution in [1.82, 2.24) is 10.2 Å². The zero-order valence-electron chi connectivity index (χ0n) is 12.6. The third kappa shape index (κ3) is 5.36. The Kier molecular flexibility index (Phi) is 5.39. The summed E-state index contributed by atoms with van der Waals surface area (Å²) >= 11 is 0. The maximum Gasteiger partial charge on any atom is 0.317 e. The van der Waals surface area contributed by atoms with Crippen LogP contribution in [-0.2, 0) is 4.79 Å². The lowest BCUT2D eigenvalue weighted by Crippen LogP contribution is -2.52. The van der Waals surface area contributed by atoms with Gasteiger partial charge in [0.25, 0.3) is 0 Å². The molecule has 1 aliphatic rings. The average molecular weight is 286 g/mol. The summed E-state index contributed by atoms with van der Waals surface area (Å²) < 4.78 is 0. The van der Waals surface area contributed by atoms with Crippen LogP contribution in [0.5, 0.6) is 0 Å². The van der Waals surface area contributed by atoms with Crippen LogP contribution in [0, 0.1) is 0 Å². The predicted octanol–water partition coefficient (Wildman–Crippen LogP) is 1.58. The second-order valence-corrected chi connectivity index (χ2v) is 6.50. The Bertz CT molecular complexity index is 362. The lowest BCUT2D eigenvalue weighted by Gasteiger charge is -2.32. The normalized spacial score (nSPS) is 17.8. The first-order chi connectivity index (χ1) is 9.14. The lowest BCUT2D eigenvalue weighted by molar-refractivity contribution is -0.137. The first-order valence-electron chi connectivity index (χ1n) is 7.11. The zero-order chi connectivity index (χ0) is 15.4. The predicted molar refractivity (Wildman–Crippen MR) is 75.5 cm³/mol. The van der Waals surface area contributed by atoms with Crippen molar-refractivity contribution in [3.63, 3.8) is 0 Å². The monoisotopic (exact) mass is 286 g/mol. The molecule has 0 aromatic carbocycles. The standard InChI is InChI=1S/C14H26N2O4/c1-13(2,9-6-11(17)18)15-12(19)16(3)10-14(20)7-4-5-8-14/h20H,4-10H2,1-3H3,(H,15,19)(H,17,18). The van der Waals surface area contributed by atoms with Crippen molar-refractivity contribution in [2.45, 2.75) is 63.5 Å². The van der Waals surface area contributed by atoms with Crippen LogP contribution in [0.4, 0.5) is 4.79 Å². The van der Waals surface area contributed by atoms with Crippen LogP contribution in [0.15, 0.2) is 0 Å². The molecule has 116 valence electrons. The van der Waals surface area contributed by atoms with E-state index in [0.717, 1.165) is 25.7 Å². The number of hydrogen-bond donors (Lipinski definition) is 3. The minimum Gasteiger partial charge on any atom is -0.481 e. The van der Waals surface area contributed by atoms with Gasteiger partial charge in [-0.15, -0.1) is 0 Å². The minimum atomic E-state index is -0.874. The van der Waals surface area contributed by atoms with Gasteiger partial charge in [-0.1, -0.05) is 12.8 Å². The number of nitrogens with zero attached hydrogens (tertiary/aromatic N) is 1. The number of likely N-dealkylation sites (N-methyl/N-ethyl adjacent to an activating group) is 1. The molecule has 0 saturated heterocycles. The van der Waals surface area contributed by atoms with Crippen LogP contribution in [0.2, 0.25) is 0 Å². The molecule has 6 nitrogen and oxygen atoms in total. The largest absolute Gasteiger partial charge is 0.481 e. The van der Waals surface area contributed by atoms with Gasteiger partial charge >= 0.3 is 12.0 Å². The second kappa shape index (κ2) is 6.43. The molecule has 1 rings (SSSR count). The third-order valence-corrected chi connectivity index (χ3v) is 3.82. The summed E-state index contributed by atoms with van der Waals surface area (Å²) in [4.78, 5) is 24.2. The quantitative estimate of drug-likeness (QED) is 0.691. The molecule has 0 spiro atoms. The smallest absolute Gasteiger partial charge is 0.317 e. The van der Waals surface area contributed by atoms with E-state index in [-0.39, 0.29) is 12.5 Å². The number of aliphatic carboxylic acids is 1. The van der Waals surface area contributed by atoms with Crippen molar-refractivity contribution >= 4 is 12.0 Å². The van der Waals surface area contributed by atoms with Gasteiger partial charge in [-0.05, 0) is 33.1 Å². The molecule has 0 radical (unpaired) electrons. The van der Waals surface area contributed by atoms with Gasteiger partial charge in [-0.25, -0.2) is 4.79 Å². The Hall–Kier alpha value is -1.30. The number of aliphatic hydroxyl groups is 1. The molecule has 2 amide bonds. The summed E-state index contributed by atoms with van der Waals surface area (Å²) in [6.45, 7) is 3.91. The topological polar surface area (TPSA) is 89.9 Å². The molecule has 0 heterocycles. The molecule has 1 aliphatic carbocycles. The number of carbonyl (C=O) groups excluding carboxylic acids is 1. The van der Waals surface area contributed by atoms with E-state index in [9.17, 15) is 14.7 Å². The van der Waals surface area contributed by atoms with E-state index in [1.807, 2.05) is 0 Å². The molecule has 6 heteroatoms. The Morgan fingerprint density at radius 3 is 2.35 bits per heavy atom. The molecule has 0 aromatic heterocycles. The number of carbonyl (C=O) groups is 2. The molecule has 0 unspecified atom stereocenters. The SMILES string of the molecule is CN(CC1(O)CCCC1)C(=O)NC(C)(C)CCC(=O)O. The van der Waals surface area contributed by atoms with Crippen molar-refractivity contribution in [1.29, 1.82) is 0 Å². The number of urea groups is 1. The number of rotatable bonds is 6. The van der Waals surface area contributed by atoms with E-state index >= 15 is 0 Å². The van der Waals surface area contributed by atoms with E-state index in [1.54, 1.807) is 20.9 Å². The van der Waals surface area contributed by atoms with Crippen molar-refractivity contribution in [3.8, 4) is 0 Å². The molecule has 20 heavy (non-hydrogen) atoms. The van der Waals surface area contributed by atoms with E-state index in [0.29, 0.717) is 13.0 Å². The summed E-state index contributed by atoms with van der Waals surface area (Å²) in [6.07, 6.45) is 3.83. The molecule has 0 bridgehead atoms.